The number of carbonyl (C=O) groups is 1. The molecule has 0 aliphatic heterocycles. The molecule has 0 spiro atoms. The second kappa shape index (κ2) is 6.20. The normalized spacial score (nSPS) is 16.9. The fraction of sp³-hybridized carbons (Fsp3) is 0.579. The van der Waals surface area contributed by atoms with Gasteiger partial charge in [-0.25, -0.2) is 4.98 Å². The second-order valence-electron chi connectivity index (χ2n) is 8.10. The van der Waals surface area contributed by atoms with Crippen LogP contribution in [0, 0.1) is 5.41 Å². The Morgan fingerprint density at radius 2 is 2.12 bits per heavy atom. The Balaban J connectivity index is 1.98. The van der Waals surface area contributed by atoms with Gasteiger partial charge in [-0.05, 0) is 49.3 Å². The van der Waals surface area contributed by atoms with E-state index in [1.165, 1.54) is 6.42 Å². The Morgan fingerprint density at radius 3 is 2.67 bits per heavy atom. The van der Waals surface area contributed by atoms with Gasteiger partial charge < -0.3 is 9.67 Å². The highest BCUT2D eigenvalue weighted by molar-refractivity contribution is 5.92. The van der Waals surface area contributed by atoms with Gasteiger partial charge in [0.15, 0.2) is 0 Å². The first-order chi connectivity index (χ1) is 11.2. The van der Waals surface area contributed by atoms with E-state index in [0.29, 0.717) is 18.4 Å². The zero-order valence-electron chi connectivity index (χ0n) is 15.0. The number of fused-ring (bicyclic) bond motifs is 1. The third-order valence-electron chi connectivity index (χ3n) is 4.58. The summed E-state index contributed by atoms with van der Waals surface area (Å²) in [6.07, 6.45) is 3.35. The van der Waals surface area contributed by atoms with Crippen LogP contribution < -0.4 is 5.32 Å². The predicted molar refractivity (Wildman–Crippen MR) is 96.0 cm³/mol. The van der Waals surface area contributed by atoms with E-state index in [9.17, 15) is 9.90 Å². The number of nitrogens with zero attached hydrogens (tertiary/aromatic N) is 2. The largest absolute Gasteiger partial charge is 0.389 e. The SMILES string of the molecule is CC(O)c1ccc2nc(NC(=O)CC(C)(C)C)n(C3CCC3)c2c1. The monoisotopic (exact) mass is 329 g/mol. The Bertz CT molecular complexity index is 752. The van der Waals surface area contributed by atoms with E-state index in [-0.39, 0.29) is 11.3 Å². The van der Waals surface area contributed by atoms with E-state index in [0.717, 1.165) is 29.4 Å². The van der Waals surface area contributed by atoms with Gasteiger partial charge in [-0.2, -0.15) is 0 Å². The van der Waals surface area contributed by atoms with Crippen molar-refractivity contribution >= 4 is 22.9 Å². The number of hydrogen-bond acceptors (Lipinski definition) is 3. The first-order valence-corrected chi connectivity index (χ1v) is 8.74. The number of carbonyl (C=O) groups excluding carboxylic acids is 1. The molecule has 2 N–H and O–H groups in total. The molecule has 1 unspecified atom stereocenters. The molecule has 1 heterocycles. The first-order valence-electron chi connectivity index (χ1n) is 8.74. The molecule has 24 heavy (non-hydrogen) atoms. The summed E-state index contributed by atoms with van der Waals surface area (Å²) in [5.74, 6) is 0.626. The maximum Gasteiger partial charge on any atom is 0.227 e. The summed E-state index contributed by atoms with van der Waals surface area (Å²) >= 11 is 0. The van der Waals surface area contributed by atoms with Crippen molar-refractivity contribution in [1.29, 1.82) is 0 Å². The van der Waals surface area contributed by atoms with Crippen molar-refractivity contribution in [2.24, 2.45) is 5.41 Å². The van der Waals surface area contributed by atoms with E-state index < -0.39 is 6.10 Å². The quantitative estimate of drug-likeness (QED) is 0.884. The predicted octanol–water partition coefficient (Wildman–Crippen LogP) is 4.19. The van der Waals surface area contributed by atoms with Crippen LogP contribution in [-0.4, -0.2) is 20.6 Å². The average Bonchev–Trinajstić information content (AvgIpc) is 2.72. The van der Waals surface area contributed by atoms with Gasteiger partial charge >= 0.3 is 0 Å². The molecule has 1 atom stereocenters. The van der Waals surface area contributed by atoms with Crippen LogP contribution in [0.3, 0.4) is 0 Å². The molecular formula is C19H27N3O2. The summed E-state index contributed by atoms with van der Waals surface area (Å²) < 4.78 is 2.14. The molecule has 2 aromatic rings. The van der Waals surface area contributed by atoms with Crippen LogP contribution in [-0.2, 0) is 4.79 Å². The van der Waals surface area contributed by atoms with Gasteiger partial charge in [0.2, 0.25) is 11.9 Å². The fourth-order valence-corrected chi connectivity index (χ4v) is 3.12. The lowest BCUT2D eigenvalue weighted by atomic mass is 9.92. The zero-order chi connectivity index (χ0) is 17.5. The Morgan fingerprint density at radius 1 is 1.42 bits per heavy atom. The zero-order valence-corrected chi connectivity index (χ0v) is 15.0. The van der Waals surface area contributed by atoms with Crippen LogP contribution in [0.4, 0.5) is 5.95 Å². The number of aliphatic hydroxyl groups excluding tert-OH is 1. The number of rotatable bonds is 4. The molecular weight excluding hydrogens is 302 g/mol. The van der Waals surface area contributed by atoms with Crippen LogP contribution in [0.1, 0.15) is 71.1 Å². The average molecular weight is 329 g/mol. The number of benzene rings is 1. The van der Waals surface area contributed by atoms with Crippen LogP contribution in [0.25, 0.3) is 11.0 Å². The van der Waals surface area contributed by atoms with Crippen molar-refractivity contribution in [3.05, 3.63) is 23.8 Å². The lowest BCUT2D eigenvalue weighted by Crippen LogP contribution is -2.24. The van der Waals surface area contributed by atoms with Crippen LogP contribution >= 0.6 is 0 Å². The highest BCUT2D eigenvalue weighted by atomic mass is 16.3. The Kier molecular flexibility index (Phi) is 4.38. The van der Waals surface area contributed by atoms with Crippen molar-refractivity contribution in [3.63, 3.8) is 0 Å². The molecule has 1 fully saturated rings. The molecule has 1 saturated carbocycles. The molecule has 1 aromatic carbocycles. The smallest absolute Gasteiger partial charge is 0.227 e. The number of hydrogen-bond donors (Lipinski definition) is 2. The van der Waals surface area contributed by atoms with Gasteiger partial charge in [0, 0.05) is 12.5 Å². The summed E-state index contributed by atoms with van der Waals surface area (Å²) in [4.78, 5) is 17.0. The van der Waals surface area contributed by atoms with Gasteiger partial charge in [-0.15, -0.1) is 0 Å². The van der Waals surface area contributed by atoms with E-state index in [4.69, 9.17) is 0 Å². The highest BCUT2D eigenvalue weighted by Gasteiger charge is 2.26. The van der Waals surface area contributed by atoms with Crippen LogP contribution in [0.15, 0.2) is 18.2 Å². The van der Waals surface area contributed by atoms with E-state index in [1.54, 1.807) is 6.92 Å². The summed E-state index contributed by atoms with van der Waals surface area (Å²) in [6, 6.07) is 6.19. The minimum atomic E-state index is -0.516. The third kappa shape index (κ3) is 3.46. The Labute approximate surface area is 143 Å². The molecule has 1 amide bonds. The van der Waals surface area contributed by atoms with Gasteiger partial charge in [-0.1, -0.05) is 26.8 Å². The van der Waals surface area contributed by atoms with E-state index in [2.05, 4.69) is 35.6 Å². The summed E-state index contributed by atoms with van der Waals surface area (Å²) in [5.41, 5.74) is 2.66. The highest BCUT2D eigenvalue weighted by Crippen LogP contribution is 2.38. The number of amides is 1. The Hall–Kier alpha value is -1.88. The maximum atomic E-state index is 12.4. The van der Waals surface area contributed by atoms with E-state index >= 15 is 0 Å². The molecule has 0 saturated heterocycles. The van der Waals surface area contributed by atoms with E-state index in [1.807, 2.05) is 18.2 Å². The lowest BCUT2D eigenvalue weighted by molar-refractivity contribution is -0.117. The van der Waals surface area contributed by atoms with Crippen molar-refractivity contribution in [2.45, 2.75) is 65.5 Å². The van der Waals surface area contributed by atoms with Gasteiger partial charge in [0.25, 0.3) is 0 Å². The minimum Gasteiger partial charge on any atom is -0.389 e. The molecule has 0 radical (unpaired) electrons. The summed E-state index contributed by atoms with van der Waals surface area (Å²) in [7, 11) is 0. The number of aliphatic hydroxyl groups is 1. The second-order valence-corrected chi connectivity index (χ2v) is 8.10. The van der Waals surface area contributed by atoms with Crippen LogP contribution in [0.5, 0.6) is 0 Å². The first kappa shape index (κ1) is 17.0. The molecule has 1 aliphatic carbocycles. The maximum absolute atomic E-state index is 12.4. The molecule has 5 heteroatoms. The molecule has 1 aromatic heterocycles. The molecule has 5 nitrogen and oxygen atoms in total. The van der Waals surface area contributed by atoms with Gasteiger partial charge in [0.1, 0.15) is 0 Å². The van der Waals surface area contributed by atoms with Gasteiger partial charge in [0.05, 0.1) is 17.1 Å². The summed E-state index contributed by atoms with van der Waals surface area (Å²) in [6.45, 7) is 7.92. The topological polar surface area (TPSA) is 67.2 Å². The fourth-order valence-electron chi connectivity index (χ4n) is 3.12. The number of imidazole rings is 1. The molecule has 130 valence electrons. The number of anilines is 1. The summed E-state index contributed by atoms with van der Waals surface area (Å²) in [5, 5.41) is 12.9. The standard InChI is InChI=1S/C19H27N3O2/c1-12(23)13-8-9-15-16(10-13)22(14-6-5-7-14)18(20-15)21-17(24)11-19(2,3)4/h8-10,12,14,23H,5-7,11H2,1-4H3,(H,20,21,24). The van der Waals surface area contributed by atoms with Crippen molar-refractivity contribution < 1.29 is 9.90 Å². The minimum absolute atomic E-state index is 0.00544. The van der Waals surface area contributed by atoms with Crippen molar-refractivity contribution in [1.82, 2.24) is 9.55 Å². The van der Waals surface area contributed by atoms with Crippen molar-refractivity contribution in [2.75, 3.05) is 5.32 Å². The molecule has 1 aliphatic rings. The third-order valence-corrected chi connectivity index (χ3v) is 4.58. The van der Waals surface area contributed by atoms with Crippen LogP contribution in [0.2, 0.25) is 0 Å². The molecule has 3 rings (SSSR count). The number of nitrogens with one attached hydrogen (secondary N) is 1. The lowest BCUT2D eigenvalue weighted by Gasteiger charge is -2.29. The molecule has 0 bridgehead atoms. The van der Waals surface area contributed by atoms with Gasteiger partial charge in [-0.3, -0.25) is 10.1 Å². The van der Waals surface area contributed by atoms with Crippen molar-refractivity contribution in [3.8, 4) is 0 Å². The number of aromatic nitrogens is 2.